The van der Waals surface area contributed by atoms with Crippen molar-refractivity contribution in [2.75, 3.05) is 0 Å². The molecule has 3 aromatic rings. The van der Waals surface area contributed by atoms with Crippen LogP contribution in [0.4, 0.5) is 0 Å². The van der Waals surface area contributed by atoms with Gasteiger partial charge in [0.1, 0.15) is 12.2 Å². The summed E-state index contributed by atoms with van der Waals surface area (Å²) in [6.45, 7) is 0. The van der Waals surface area contributed by atoms with E-state index in [-0.39, 0.29) is 23.9 Å². The number of benzene rings is 3. The van der Waals surface area contributed by atoms with Gasteiger partial charge in [-0.2, -0.15) is 0 Å². The predicted molar refractivity (Wildman–Crippen MR) is 137 cm³/mol. The normalized spacial score (nSPS) is 23.9. The molecule has 0 bridgehead atoms. The maximum absolute atomic E-state index is 13.0. The molecular formula is C31H30O5. The Morgan fingerprint density at radius 3 is 2.36 bits per heavy atom. The number of esters is 2. The van der Waals surface area contributed by atoms with E-state index in [9.17, 15) is 14.7 Å². The van der Waals surface area contributed by atoms with E-state index in [1.54, 1.807) is 18.2 Å². The lowest BCUT2D eigenvalue weighted by Gasteiger charge is -2.20. The summed E-state index contributed by atoms with van der Waals surface area (Å²) in [5.41, 5.74) is 3.76. The molecule has 0 radical (unpaired) electrons. The number of fused-ring (bicyclic) bond motifs is 1. The number of aliphatic hydroxyl groups excluding tert-OH is 1. The highest BCUT2D eigenvalue weighted by Gasteiger charge is 2.50. The molecule has 1 aliphatic carbocycles. The molecule has 184 valence electrons. The molecule has 5 rings (SSSR count). The van der Waals surface area contributed by atoms with Crippen molar-refractivity contribution in [2.45, 2.75) is 44.0 Å². The Hall–Kier alpha value is -3.70. The largest absolute Gasteiger partial charge is 0.462 e. The van der Waals surface area contributed by atoms with E-state index in [0.717, 1.165) is 17.5 Å². The topological polar surface area (TPSA) is 72.8 Å². The summed E-state index contributed by atoms with van der Waals surface area (Å²) < 4.78 is 11.4. The van der Waals surface area contributed by atoms with E-state index in [2.05, 4.69) is 0 Å². The summed E-state index contributed by atoms with van der Waals surface area (Å²) in [6.07, 6.45) is 4.53. The zero-order chi connectivity index (χ0) is 24.9. The van der Waals surface area contributed by atoms with Crippen molar-refractivity contribution in [3.05, 3.63) is 108 Å². The third-order valence-corrected chi connectivity index (χ3v) is 7.16. The number of carbonyl (C=O) groups is 2. The highest BCUT2D eigenvalue weighted by Crippen LogP contribution is 2.43. The fourth-order valence-electron chi connectivity index (χ4n) is 5.24. The molecule has 4 unspecified atom stereocenters. The van der Waals surface area contributed by atoms with E-state index in [0.29, 0.717) is 24.8 Å². The molecule has 3 aromatic carbocycles. The summed E-state index contributed by atoms with van der Waals surface area (Å²) in [7, 11) is 0. The van der Waals surface area contributed by atoms with Gasteiger partial charge in [0, 0.05) is 18.3 Å². The van der Waals surface area contributed by atoms with Gasteiger partial charge in [-0.05, 0) is 41.7 Å². The molecule has 36 heavy (non-hydrogen) atoms. The highest BCUT2D eigenvalue weighted by molar-refractivity contribution is 5.90. The van der Waals surface area contributed by atoms with Gasteiger partial charge in [-0.15, -0.1) is 0 Å². The minimum Gasteiger partial charge on any atom is -0.462 e. The molecule has 1 aliphatic heterocycles. The Balaban J connectivity index is 1.24. The maximum Gasteiger partial charge on any atom is 0.338 e. The molecule has 1 saturated carbocycles. The molecule has 0 amide bonds. The summed E-state index contributed by atoms with van der Waals surface area (Å²) >= 11 is 0. The Morgan fingerprint density at radius 1 is 0.972 bits per heavy atom. The van der Waals surface area contributed by atoms with Crippen LogP contribution in [0.1, 0.15) is 35.2 Å². The van der Waals surface area contributed by atoms with Crippen LogP contribution in [0.3, 0.4) is 0 Å². The van der Waals surface area contributed by atoms with Gasteiger partial charge in [-0.25, -0.2) is 4.79 Å². The van der Waals surface area contributed by atoms with Crippen LogP contribution in [0.2, 0.25) is 0 Å². The van der Waals surface area contributed by atoms with Crippen molar-refractivity contribution in [3.63, 3.8) is 0 Å². The average Bonchev–Trinajstić information content (AvgIpc) is 3.42. The summed E-state index contributed by atoms with van der Waals surface area (Å²) in [6, 6.07) is 27.4. The number of carbonyl (C=O) groups excluding carboxylic acids is 2. The Kier molecular flexibility index (Phi) is 7.28. The first kappa shape index (κ1) is 24.0. The lowest BCUT2D eigenvalue weighted by atomic mass is 9.91. The zero-order valence-corrected chi connectivity index (χ0v) is 20.0. The second-order valence-corrected chi connectivity index (χ2v) is 9.57. The third-order valence-electron chi connectivity index (χ3n) is 7.16. The van der Waals surface area contributed by atoms with Gasteiger partial charge in [0.25, 0.3) is 0 Å². The number of hydrogen-bond acceptors (Lipinski definition) is 5. The fourth-order valence-corrected chi connectivity index (χ4v) is 5.24. The van der Waals surface area contributed by atoms with Crippen molar-refractivity contribution >= 4 is 11.9 Å². The van der Waals surface area contributed by atoms with Gasteiger partial charge < -0.3 is 14.6 Å². The van der Waals surface area contributed by atoms with Gasteiger partial charge in [-0.3, -0.25) is 4.79 Å². The SMILES string of the molecule is O=C1CC2C(CC(OC(=O)c3ccc(-c4ccccc4)cc3)C2C=C[C@@H](O)CCc2ccccc2)O1. The van der Waals surface area contributed by atoms with Crippen molar-refractivity contribution < 1.29 is 24.2 Å². The molecule has 5 heteroatoms. The van der Waals surface area contributed by atoms with E-state index in [1.807, 2.05) is 78.9 Å². The summed E-state index contributed by atoms with van der Waals surface area (Å²) in [5, 5.41) is 10.5. The van der Waals surface area contributed by atoms with Crippen LogP contribution in [0.15, 0.2) is 97.1 Å². The van der Waals surface area contributed by atoms with Crippen molar-refractivity contribution in [1.82, 2.24) is 0 Å². The van der Waals surface area contributed by atoms with E-state index >= 15 is 0 Å². The molecule has 1 N–H and O–H groups in total. The van der Waals surface area contributed by atoms with Gasteiger partial charge in [0.2, 0.25) is 0 Å². The first-order chi connectivity index (χ1) is 17.6. The molecule has 5 nitrogen and oxygen atoms in total. The fraction of sp³-hybridized carbons (Fsp3) is 0.290. The zero-order valence-electron chi connectivity index (χ0n) is 20.0. The van der Waals surface area contributed by atoms with Crippen molar-refractivity contribution in [2.24, 2.45) is 11.8 Å². The first-order valence-electron chi connectivity index (χ1n) is 12.5. The number of ether oxygens (including phenoxy) is 2. The molecule has 5 atom stereocenters. The molecule has 0 spiro atoms. The average molecular weight is 483 g/mol. The predicted octanol–water partition coefficient (Wildman–Crippen LogP) is 5.38. The number of hydrogen-bond donors (Lipinski definition) is 1. The molecular weight excluding hydrogens is 452 g/mol. The molecule has 2 fully saturated rings. The third kappa shape index (κ3) is 5.58. The number of aryl methyl sites for hydroxylation is 1. The van der Waals surface area contributed by atoms with Gasteiger partial charge in [0.15, 0.2) is 0 Å². The van der Waals surface area contributed by atoms with Crippen LogP contribution in [-0.2, 0) is 20.7 Å². The van der Waals surface area contributed by atoms with E-state index in [1.165, 1.54) is 5.56 Å². The lowest BCUT2D eigenvalue weighted by Crippen LogP contribution is -2.25. The van der Waals surface area contributed by atoms with Crippen LogP contribution in [0.25, 0.3) is 11.1 Å². The van der Waals surface area contributed by atoms with E-state index in [4.69, 9.17) is 9.47 Å². The Bertz CT molecular complexity index is 1200. The summed E-state index contributed by atoms with van der Waals surface area (Å²) in [5.74, 6) is -0.836. The number of rotatable bonds is 8. The second kappa shape index (κ2) is 10.9. The van der Waals surface area contributed by atoms with E-state index < -0.39 is 18.2 Å². The Morgan fingerprint density at radius 2 is 1.64 bits per heavy atom. The van der Waals surface area contributed by atoms with Crippen LogP contribution < -0.4 is 0 Å². The molecule has 1 heterocycles. The van der Waals surface area contributed by atoms with Crippen LogP contribution >= 0.6 is 0 Å². The first-order valence-corrected chi connectivity index (χ1v) is 12.5. The van der Waals surface area contributed by atoms with Gasteiger partial charge >= 0.3 is 11.9 Å². The second-order valence-electron chi connectivity index (χ2n) is 9.57. The smallest absolute Gasteiger partial charge is 0.338 e. The van der Waals surface area contributed by atoms with Crippen molar-refractivity contribution in [1.29, 1.82) is 0 Å². The monoisotopic (exact) mass is 482 g/mol. The quantitative estimate of drug-likeness (QED) is 0.345. The molecule has 0 aromatic heterocycles. The minimum atomic E-state index is -0.621. The summed E-state index contributed by atoms with van der Waals surface area (Å²) in [4.78, 5) is 24.9. The van der Waals surface area contributed by atoms with Gasteiger partial charge in [0.05, 0.1) is 18.1 Å². The van der Waals surface area contributed by atoms with Crippen LogP contribution in [0.5, 0.6) is 0 Å². The maximum atomic E-state index is 13.0. The minimum absolute atomic E-state index is 0.0478. The molecule has 1 saturated heterocycles. The molecule has 2 aliphatic rings. The van der Waals surface area contributed by atoms with Crippen LogP contribution in [0, 0.1) is 11.8 Å². The lowest BCUT2D eigenvalue weighted by molar-refractivity contribution is -0.141. The number of aliphatic hydroxyl groups is 1. The Labute approximate surface area is 211 Å². The standard InChI is InChI=1S/C31H30O5/c32-25(16-11-21-7-3-1-4-8-21)17-18-26-27-19-30(33)35-29(27)20-28(26)36-31(34)24-14-12-23(13-15-24)22-9-5-2-6-10-22/h1-10,12-15,17-18,25-29,32H,11,16,19-20H2/t25-,26?,27?,28?,29?/m0/s1. The van der Waals surface area contributed by atoms with Crippen molar-refractivity contribution in [3.8, 4) is 11.1 Å². The van der Waals surface area contributed by atoms with Gasteiger partial charge in [-0.1, -0.05) is 84.9 Å². The van der Waals surface area contributed by atoms with Crippen LogP contribution in [-0.4, -0.2) is 35.4 Å². The highest BCUT2D eigenvalue weighted by atomic mass is 16.6.